The highest BCUT2D eigenvalue weighted by atomic mass is 32.2. The van der Waals surface area contributed by atoms with Gasteiger partial charge in [0.05, 0.1) is 0 Å². The Labute approximate surface area is 96.7 Å². The molecule has 1 rings (SSSR count). The van der Waals surface area contributed by atoms with Crippen molar-refractivity contribution in [2.24, 2.45) is 0 Å². The lowest BCUT2D eigenvalue weighted by molar-refractivity contribution is -0.152. The van der Waals surface area contributed by atoms with Crippen molar-refractivity contribution in [2.45, 2.75) is 24.9 Å². The molecule has 0 bridgehead atoms. The van der Waals surface area contributed by atoms with E-state index in [1.54, 1.807) is 12.1 Å². The molecule has 0 unspecified atom stereocenters. The van der Waals surface area contributed by atoms with Crippen molar-refractivity contribution >= 4 is 17.7 Å². The molecular weight excluding hydrogens is 234 g/mol. The van der Waals surface area contributed by atoms with Gasteiger partial charge in [0.1, 0.15) is 0 Å². The van der Waals surface area contributed by atoms with Gasteiger partial charge < -0.3 is 5.11 Å². The fourth-order valence-corrected chi connectivity index (χ4v) is 2.03. The van der Waals surface area contributed by atoms with Crippen LogP contribution in [0.3, 0.4) is 0 Å². The molecule has 0 aliphatic rings. The zero-order valence-electron chi connectivity index (χ0n) is 8.96. The molecule has 0 aromatic heterocycles. The number of alkyl halides is 2. The van der Waals surface area contributed by atoms with Crippen LogP contribution < -0.4 is 0 Å². The van der Waals surface area contributed by atoms with E-state index in [1.807, 2.05) is 19.9 Å². The Kier molecular flexibility index (Phi) is 3.91. The van der Waals surface area contributed by atoms with Crippen molar-refractivity contribution in [3.8, 4) is 0 Å². The number of hydrogen-bond acceptors (Lipinski definition) is 2. The summed E-state index contributed by atoms with van der Waals surface area (Å²) < 4.78 is 25.6. The Bertz CT molecular complexity index is 385. The molecule has 0 spiro atoms. The molecule has 1 N–H and O–H groups in total. The van der Waals surface area contributed by atoms with Gasteiger partial charge in [0, 0.05) is 5.75 Å². The SMILES string of the molecule is Cc1cc(C)cc(CSC(F)(F)C(=O)O)c1. The smallest absolute Gasteiger partial charge is 0.389 e. The fraction of sp³-hybridized carbons (Fsp3) is 0.364. The fourth-order valence-electron chi connectivity index (χ4n) is 1.39. The summed E-state index contributed by atoms with van der Waals surface area (Å²) in [4.78, 5) is 10.2. The van der Waals surface area contributed by atoms with Gasteiger partial charge in [0.25, 0.3) is 0 Å². The normalized spacial score (nSPS) is 11.5. The van der Waals surface area contributed by atoms with Crippen LogP contribution in [0.5, 0.6) is 0 Å². The molecular formula is C11H12F2O2S. The zero-order valence-corrected chi connectivity index (χ0v) is 9.78. The molecule has 0 atom stereocenters. The van der Waals surface area contributed by atoms with Gasteiger partial charge in [-0.05, 0) is 19.4 Å². The van der Waals surface area contributed by atoms with E-state index in [2.05, 4.69) is 0 Å². The first-order valence-electron chi connectivity index (χ1n) is 4.63. The van der Waals surface area contributed by atoms with Crippen molar-refractivity contribution < 1.29 is 18.7 Å². The second kappa shape index (κ2) is 4.82. The second-order valence-corrected chi connectivity index (χ2v) is 4.70. The van der Waals surface area contributed by atoms with Crippen LogP contribution in [0.15, 0.2) is 18.2 Å². The average molecular weight is 246 g/mol. The number of aliphatic carboxylic acids is 1. The van der Waals surface area contributed by atoms with Crippen LogP contribution in [0, 0.1) is 13.8 Å². The molecule has 0 heterocycles. The summed E-state index contributed by atoms with van der Waals surface area (Å²) in [7, 11) is 0. The van der Waals surface area contributed by atoms with Gasteiger partial charge in [-0.15, -0.1) is 0 Å². The van der Waals surface area contributed by atoms with Crippen molar-refractivity contribution in [1.82, 2.24) is 0 Å². The second-order valence-electron chi connectivity index (χ2n) is 3.61. The van der Waals surface area contributed by atoms with Crippen LogP contribution in [-0.2, 0) is 10.5 Å². The molecule has 0 aliphatic carbocycles. The number of carbonyl (C=O) groups is 1. The van der Waals surface area contributed by atoms with Crippen LogP contribution in [0.4, 0.5) is 8.78 Å². The molecule has 0 saturated heterocycles. The average Bonchev–Trinajstić information content (AvgIpc) is 2.13. The number of rotatable bonds is 4. The first-order valence-corrected chi connectivity index (χ1v) is 5.62. The number of halogens is 2. The van der Waals surface area contributed by atoms with Gasteiger partial charge in [-0.25, -0.2) is 4.79 Å². The third-order valence-corrected chi connectivity index (χ3v) is 2.97. The van der Waals surface area contributed by atoms with Gasteiger partial charge in [-0.3, -0.25) is 0 Å². The van der Waals surface area contributed by atoms with E-state index in [-0.39, 0.29) is 17.5 Å². The van der Waals surface area contributed by atoms with Crippen molar-refractivity contribution in [3.63, 3.8) is 0 Å². The van der Waals surface area contributed by atoms with E-state index in [9.17, 15) is 13.6 Å². The molecule has 0 radical (unpaired) electrons. The number of carboxylic acids is 1. The third kappa shape index (κ3) is 3.48. The minimum absolute atomic E-state index is 0.0121. The first-order chi connectivity index (χ1) is 7.31. The minimum Gasteiger partial charge on any atom is -0.476 e. The Balaban J connectivity index is 2.71. The minimum atomic E-state index is -3.72. The topological polar surface area (TPSA) is 37.3 Å². The molecule has 0 amide bonds. The van der Waals surface area contributed by atoms with Gasteiger partial charge in [0.2, 0.25) is 0 Å². The number of hydrogen-bond donors (Lipinski definition) is 1. The highest BCUT2D eigenvalue weighted by Crippen LogP contribution is 2.32. The van der Waals surface area contributed by atoms with E-state index in [0.29, 0.717) is 5.56 Å². The molecule has 88 valence electrons. The molecule has 2 nitrogen and oxygen atoms in total. The lowest BCUT2D eigenvalue weighted by Crippen LogP contribution is -2.23. The molecule has 0 saturated carbocycles. The van der Waals surface area contributed by atoms with Crippen LogP contribution in [0.1, 0.15) is 16.7 Å². The lowest BCUT2D eigenvalue weighted by atomic mass is 10.1. The zero-order chi connectivity index (χ0) is 12.3. The largest absolute Gasteiger partial charge is 0.476 e. The maximum atomic E-state index is 12.8. The molecule has 0 aliphatic heterocycles. The van der Waals surface area contributed by atoms with E-state index in [0.717, 1.165) is 11.1 Å². The van der Waals surface area contributed by atoms with Crippen LogP contribution in [0.2, 0.25) is 0 Å². The Morgan fingerprint density at radius 2 is 1.81 bits per heavy atom. The quantitative estimate of drug-likeness (QED) is 0.886. The monoisotopic (exact) mass is 246 g/mol. The van der Waals surface area contributed by atoms with Crippen molar-refractivity contribution in [1.29, 1.82) is 0 Å². The van der Waals surface area contributed by atoms with Gasteiger partial charge in [-0.1, -0.05) is 41.1 Å². The number of thioether (sulfide) groups is 1. The van der Waals surface area contributed by atoms with Crippen LogP contribution in [0.25, 0.3) is 0 Å². The standard InChI is InChI=1S/C11H12F2O2S/c1-7-3-8(2)5-9(4-7)6-16-11(12,13)10(14)15/h3-5H,6H2,1-2H3,(H,14,15). The van der Waals surface area contributed by atoms with Crippen LogP contribution in [-0.4, -0.2) is 16.3 Å². The predicted molar refractivity (Wildman–Crippen MR) is 59.8 cm³/mol. The Morgan fingerprint density at radius 1 is 1.31 bits per heavy atom. The highest BCUT2D eigenvalue weighted by molar-refractivity contribution is 8.00. The molecule has 1 aromatic carbocycles. The molecule has 0 fully saturated rings. The summed E-state index contributed by atoms with van der Waals surface area (Å²) in [6.45, 7) is 3.74. The Hall–Kier alpha value is -1.10. The van der Waals surface area contributed by atoms with E-state index >= 15 is 0 Å². The summed E-state index contributed by atoms with van der Waals surface area (Å²) >= 11 is 0.124. The maximum Gasteiger partial charge on any atom is 0.389 e. The van der Waals surface area contributed by atoms with Crippen molar-refractivity contribution in [2.75, 3.05) is 0 Å². The number of aryl methyl sites for hydroxylation is 2. The molecule has 1 aromatic rings. The van der Waals surface area contributed by atoms with Crippen molar-refractivity contribution in [3.05, 3.63) is 34.9 Å². The van der Waals surface area contributed by atoms with E-state index < -0.39 is 11.2 Å². The van der Waals surface area contributed by atoms with Gasteiger partial charge >= 0.3 is 11.2 Å². The summed E-state index contributed by atoms with van der Waals surface area (Å²) in [6, 6.07) is 5.49. The molecule has 5 heteroatoms. The highest BCUT2D eigenvalue weighted by Gasteiger charge is 2.39. The summed E-state index contributed by atoms with van der Waals surface area (Å²) in [5, 5.41) is 4.53. The number of carboxylic acid groups (broad SMARTS) is 1. The van der Waals surface area contributed by atoms with E-state index in [1.165, 1.54) is 0 Å². The maximum absolute atomic E-state index is 12.8. The predicted octanol–water partition coefficient (Wildman–Crippen LogP) is 3.21. The van der Waals surface area contributed by atoms with E-state index in [4.69, 9.17) is 5.11 Å². The van der Waals surface area contributed by atoms with Gasteiger partial charge in [0.15, 0.2) is 0 Å². The number of benzene rings is 1. The Morgan fingerprint density at radius 3 is 2.25 bits per heavy atom. The summed E-state index contributed by atoms with van der Waals surface area (Å²) in [5.41, 5.74) is 2.67. The third-order valence-electron chi connectivity index (χ3n) is 1.95. The van der Waals surface area contributed by atoms with Gasteiger partial charge in [-0.2, -0.15) is 8.78 Å². The molecule has 16 heavy (non-hydrogen) atoms. The van der Waals surface area contributed by atoms with Crippen LogP contribution >= 0.6 is 11.8 Å². The first kappa shape index (κ1) is 13.0. The summed E-state index contributed by atoms with van der Waals surface area (Å²) in [5.74, 6) is -2.11. The lowest BCUT2D eigenvalue weighted by Gasteiger charge is -2.11. The summed E-state index contributed by atoms with van der Waals surface area (Å²) in [6.07, 6.45) is 0.